The number of nitrogens with zero attached hydrogens (tertiary/aromatic N) is 2. The van der Waals surface area contributed by atoms with E-state index in [-0.39, 0.29) is 0 Å². The molecule has 1 saturated heterocycles. The molecule has 2 nitrogen and oxygen atoms in total. The minimum absolute atomic E-state index is 0.930. The molecule has 0 saturated carbocycles. The Morgan fingerprint density at radius 2 is 2.17 bits per heavy atom. The van der Waals surface area contributed by atoms with Gasteiger partial charge in [-0.2, -0.15) is 0 Å². The smallest absolute Gasteiger partial charge is 0.138 e. The summed E-state index contributed by atoms with van der Waals surface area (Å²) in [6, 6.07) is 0. The summed E-state index contributed by atoms with van der Waals surface area (Å²) >= 11 is 0. The van der Waals surface area contributed by atoms with E-state index in [0.29, 0.717) is 0 Å². The standard InChI is InChI=1S/C10H12N2/c1-9-5-4-6-10(11-9)12-7-2-3-8-12/h6H,2-3,7-8H2,1H3. The molecule has 2 heteroatoms. The van der Waals surface area contributed by atoms with Gasteiger partial charge in [0.2, 0.25) is 0 Å². The van der Waals surface area contributed by atoms with E-state index in [0.717, 1.165) is 24.6 Å². The van der Waals surface area contributed by atoms with E-state index >= 15 is 0 Å². The number of hydrogen-bond acceptors (Lipinski definition) is 2. The van der Waals surface area contributed by atoms with Crippen LogP contribution in [-0.4, -0.2) is 23.8 Å². The van der Waals surface area contributed by atoms with Crippen molar-refractivity contribution in [1.29, 1.82) is 0 Å². The highest BCUT2D eigenvalue weighted by Gasteiger charge is 2.14. The summed E-state index contributed by atoms with van der Waals surface area (Å²) in [5.41, 5.74) is 6.84. The van der Waals surface area contributed by atoms with Gasteiger partial charge in [0, 0.05) is 19.2 Å². The highest BCUT2D eigenvalue weighted by molar-refractivity contribution is 5.94. The Bertz CT molecular complexity index is 307. The molecule has 1 fully saturated rings. The first kappa shape index (κ1) is 7.42. The highest BCUT2D eigenvalue weighted by atomic mass is 15.2. The number of amidine groups is 1. The van der Waals surface area contributed by atoms with E-state index < -0.39 is 0 Å². The van der Waals surface area contributed by atoms with Gasteiger partial charge in [-0.25, -0.2) is 4.99 Å². The molecule has 0 aromatic rings. The average molecular weight is 160 g/mol. The zero-order chi connectivity index (χ0) is 8.39. The maximum atomic E-state index is 4.39. The zero-order valence-electron chi connectivity index (χ0n) is 7.30. The van der Waals surface area contributed by atoms with Crippen LogP contribution < -0.4 is 0 Å². The molecule has 0 aromatic carbocycles. The van der Waals surface area contributed by atoms with Gasteiger partial charge in [-0.15, -0.1) is 0 Å². The van der Waals surface area contributed by atoms with E-state index in [1.165, 1.54) is 12.8 Å². The van der Waals surface area contributed by atoms with Crippen LogP contribution in [-0.2, 0) is 0 Å². The van der Waals surface area contributed by atoms with Gasteiger partial charge in [0.1, 0.15) is 5.84 Å². The monoisotopic (exact) mass is 160 g/mol. The van der Waals surface area contributed by atoms with Crippen LogP contribution in [0, 0.1) is 0 Å². The van der Waals surface area contributed by atoms with Crippen LogP contribution >= 0.6 is 0 Å². The van der Waals surface area contributed by atoms with Gasteiger partial charge in [-0.1, -0.05) is 5.73 Å². The number of likely N-dealkylation sites (tertiary alicyclic amines) is 1. The lowest BCUT2D eigenvalue weighted by Crippen LogP contribution is -2.26. The summed E-state index contributed by atoms with van der Waals surface area (Å²) in [5, 5.41) is 0. The molecule has 0 atom stereocenters. The van der Waals surface area contributed by atoms with Gasteiger partial charge in [0.15, 0.2) is 0 Å². The molecule has 2 rings (SSSR count). The Balaban J connectivity index is 2.17. The molecule has 0 aliphatic carbocycles. The Morgan fingerprint density at radius 1 is 1.42 bits per heavy atom. The van der Waals surface area contributed by atoms with Crippen molar-refractivity contribution in [2.45, 2.75) is 19.8 Å². The summed E-state index contributed by atoms with van der Waals surface area (Å²) in [6.07, 6.45) is 4.50. The topological polar surface area (TPSA) is 15.6 Å². The summed E-state index contributed by atoms with van der Waals surface area (Å²) in [4.78, 5) is 6.70. The largest absolute Gasteiger partial charge is 0.356 e. The molecule has 0 amide bonds. The lowest BCUT2D eigenvalue weighted by Gasteiger charge is -2.16. The van der Waals surface area contributed by atoms with E-state index in [4.69, 9.17) is 0 Å². The van der Waals surface area contributed by atoms with Gasteiger partial charge in [0.05, 0.1) is 5.70 Å². The first-order chi connectivity index (χ1) is 5.86. The molecule has 2 heterocycles. The number of aliphatic imine (C=N–C) groups is 1. The van der Waals surface area contributed by atoms with Gasteiger partial charge in [-0.05, 0) is 25.5 Å². The Morgan fingerprint density at radius 3 is 2.83 bits per heavy atom. The fourth-order valence-corrected chi connectivity index (χ4v) is 1.55. The van der Waals surface area contributed by atoms with Crippen LogP contribution in [0.3, 0.4) is 0 Å². The quantitative estimate of drug-likeness (QED) is 0.492. The molecule has 2 aliphatic rings. The first-order valence-corrected chi connectivity index (χ1v) is 4.38. The Kier molecular flexibility index (Phi) is 1.87. The Labute approximate surface area is 72.6 Å². The molecule has 2 aliphatic heterocycles. The van der Waals surface area contributed by atoms with Crippen molar-refractivity contribution < 1.29 is 0 Å². The van der Waals surface area contributed by atoms with Gasteiger partial charge in [-0.3, -0.25) is 0 Å². The number of hydrogen-bond donors (Lipinski definition) is 0. The highest BCUT2D eigenvalue weighted by Crippen LogP contribution is 2.11. The normalized spacial score (nSPS) is 21.2. The minimum Gasteiger partial charge on any atom is -0.356 e. The summed E-state index contributed by atoms with van der Waals surface area (Å²) in [5.74, 6) is 1.06. The Hall–Kier alpha value is -1.23. The van der Waals surface area contributed by atoms with E-state index in [1.807, 2.05) is 13.0 Å². The molecular formula is C10H12N2. The zero-order valence-corrected chi connectivity index (χ0v) is 7.30. The molecule has 0 N–H and O–H groups in total. The second kappa shape index (κ2) is 3.02. The van der Waals surface area contributed by atoms with Crippen molar-refractivity contribution in [3.63, 3.8) is 0 Å². The fraction of sp³-hybridized carbons (Fsp3) is 0.500. The number of allylic oxidation sites excluding steroid dienone is 1. The number of rotatable bonds is 0. The van der Waals surface area contributed by atoms with Crippen molar-refractivity contribution in [1.82, 2.24) is 4.90 Å². The molecule has 0 radical (unpaired) electrons. The predicted molar refractivity (Wildman–Crippen MR) is 49.0 cm³/mol. The van der Waals surface area contributed by atoms with Crippen molar-refractivity contribution in [3.8, 4) is 0 Å². The fourth-order valence-electron chi connectivity index (χ4n) is 1.55. The molecule has 62 valence electrons. The van der Waals surface area contributed by atoms with Crippen molar-refractivity contribution >= 4 is 5.84 Å². The minimum atomic E-state index is 0.930. The molecule has 0 unspecified atom stereocenters. The van der Waals surface area contributed by atoms with Crippen molar-refractivity contribution in [3.05, 3.63) is 23.2 Å². The predicted octanol–water partition coefficient (Wildman–Crippen LogP) is 1.71. The second-order valence-electron chi connectivity index (χ2n) is 3.16. The van der Waals surface area contributed by atoms with Crippen LogP contribution in [0.5, 0.6) is 0 Å². The van der Waals surface area contributed by atoms with Crippen LogP contribution in [0.15, 0.2) is 28.2 Å². The van der Waals surface area contributed by atoms with Crippen LogP contribution in [0.2, 0.25) is 0 Å². The van der Waals surface area contributed by atoms with E-state index in [9.17, 15) is 0 Å². The van der Waals surface area contributed by atoms with Crippen molar-refractivity contribution in [2.24, 2.45) is 4.99 Å². The SMILES string of the molecule is CC1=C=C=CC(N2CCCC2)=N1. The van der Waals surface area contributed by atoms with Gasteiger partial charge in [0.25, 0.3) is 0 Å². The average Bonchev–Trinajstić information content (AvgIpc) is 2.56. The van der Waals surface area contributed by atoms with Gasteiger partial charge >= 0.3 is 0 Å². The van der Waals surface area contributed by atoms with Crippen LogP contribution in [0.1, 0.15) is 19.8 Å². The molecule has 0 spiro atoms. The third-order valence-electron chi connectivity index (χ3n) is 2.17. The molecular weight excluding hydrogens is 148 g/mol. The molecule has 0 aromatic heterocycles. The van der Waals surface area contributed by atoms with Crippen LogP contribution in [0.25, 0.3) is 0 Å². The second-order valence-corrected chi connectivity index (χ2v) is 3.16. The van der Waals surface area contributed by atoms with Gasteiger partial charge < -0.3 is 4.90 Å². The van der Waals surface area contributed by atoms with Crippen molar-refractivity contribution in [2.75, 3.05) is 13.1 Å². The lowest BCUT2D eigenvalue weighted by atomic mass is 10.4. The third-order valence-corrected chi connectivity index (χ3v) is 2.17. The van der Waals surface area contributed by atoms with E-state index in [2.05, 4.69) is 21.4 Å². The summed E-state index contributed by atoms with van der Waals surface area (Å²) < 4.78 is 0. The maximum absolute atomic E-state index is 4.39. The first-order valence-electron chi connectivity index (χ1n) is 4.38. The lowest BCUT2D eigenvalue weighted by molar-refractivity contribution is 0.521. The molecule has 0 bridgehead atoms. The van der Waals surface area contributed by atoms with E-state index in [1.54, 1.807) is 0 Å². The van der Waals surface area contributed by atoms with Crippen LogP contribution in [0.4, 0.5) is 0 Å². The third kappa shape index (κ3) is 1.35. The molecule has 12 heavy (non-hydrogen) atoms. The summed E-state index contributed by atoms with van der Waals surface area (Å²) in [6.45, 7) is 4.24. The maximum Gasteiger partial charge on any atom is 0.138 e. The summed E-state index contributed by atoms with van der Waals surface area (Å²) in [7, 11) is 0.